The lowest BCUT2D eigenvalue weighted by atomic mass is 9.99. The monoisotopic (exact) mass is 217 g/mol. The number of nitrogens with one attached hydrogen (secondary N) is 1. The molecule has 0 aliphatic carbocycles. The van der Waals surface area contributed by atoms with E-state index in [2.05, 4.69) is 56.9 Å². The standard InChI is InChI=1S/C15H23N/c1-5-9-16-15(12(2)3)11-14-8-6-7-13(4)10-14/h6-8,10,15-16H,2,5,9,11H2,1,3-4H3. The summed E-state index contributed by atoms with van der Waals surface area (Å²) in [6.45, 7) is 11.6. The molecule has 0 aromatic heterocycles. The van der Waals surface area contributed by atoms with Crippen LogP contribution in [-0.4, -0.2) is 12.6 Å². The summed E-state index contributed by atoms with van der Waals surface area (Å²) in [6.07, 6.45) is 2.20. The molecule has 16 heavy (non-hydrogen) atoms. The van der Waals surface area contributed by atoms with Crippen molar-refractivity contribution in [2.45, 2.75) is 39.7 Å². The van der Waals surface area contributed by atoms with Crippen LogP contribution in [0.25, 0.3) is 0 Å². The van der Waals surface area contributed by atoms with E-state index in [9.17, 15) is 0 Å². The molecule has 0 saturated carbocycles. The molecule has 1 nitrogen and oxygen atoms in total. The summed E-state index contributed by atoms with van der Waals surface area (Å²) in [5.74, 6) is 0. The normalized spacial score (nSPS) is 12.4. The summed E-state index contributed by atoms with van der Waals surface area (Å²) in [4.78, 5) is 0. The molecule has 88 valence electrons. The van der Waals surface area contributed by atoms with Crippen molar-refractivity contribution < 1.29 is 0 Å². The molecule has 0 bridgehead atoms. The topological polar surface area (TPSA) is 12.0 Å². The van der Waals surface area contributed by atoms with Crippen molar-refractivity contribution in [2.75, 3.05) is 6.54 Å². The van der Waals surface area contributed by atoms with Gasteiger partial charge >= 0.3 is 0 Å². The fourth-order valence-electron chi connectivity index (χ4n) is 1.81. The minimum Gasteiger partial charge on any atom is -0.310 e. The van der Waals surface area contributed by atoms with Gasteiger partial charge in [0.15, 0.2) is 0 Å². The van der Waals surface area contributed by atoms with E-state index in [1.807, 2.05) is 0 Å². The second kappa shape index (κ2) is 6.49. The second-order valence-electron chi connectivity index (χ2n) is 4.55. The summed E-state index contributed by atoms with van der Waals surface area (Å²) in [5, 5.41) is 3.54. The summed E-state index contributed by atoms with van der Waals surface area (Å²) in [6, 6.07) is 9.11. The Morgan fingerprint density at radius 3 is 2.75 bits per heavy atom. The van der Waals surface area contributed by atoms with Crippen molar-refractivity contribution in [3.05, 3.63) is 47.5 Å². The van der Waals surface area contributed by atoms with Gasteiger partial charge < -0.3 is 5.32 Å². The first-order valence-corrected chi connectivity index (χ1v) is 6.07. The predicted molar refractivity (Wildman–Crippen MR) is 71.8 cm³/mol. The number of rotatable bonds is 6. The zero-order chi connectivity index (χ0) is 12.0. The third-order valence-electron chi connectivity index (χ3n) is 2.76. The average Bonchev–Trinajstić information content (AvgIpc) is 2.24. The van der Waals surface area contributed by atoms with Gasteiger partial charge in [-0.25, -0.2) is 0 Å². The highest BCUT2D eigenvalue weighted by atomic mass is 14.9. The van der Waals surface area contributed by atoms with E-state index in [1.165, 1.54) is 16.7 Å². The van der Waals surface area contributed by atoms with Crippen molar-refractivity contribution in [3.63, 3.8) is 0 Å². The molecule has 0 radical (unpaired) electrons. The molecular weight excluding hydrogens is 194 g/mol. The van der Waals surface area contributed by atoms with E-state index in [4.69, 9.17) is 0 Å². The van der Waals surface area contributed by atoms with Gasteiger partial charge in [0.2, 0.25) is 0 Å². The van der Waals surface area contributed by atoms with Crippen LogP contribution in [0, 0.1) is 6.92 Å². The fraction of sp³-hybridized carbons (Fsp3) is 0.467. The Kier molecular flexibility index (Phi) is 5.27. The SMILES string of the molecule is C=C(C)C(Cc1cccc(C)c1)NCCC. The minimum absolute atomic E-state index is 0.404. The van der Waals surface area contributed by atoms with Gasteiger partial charge in [0, 0.05) is 6.04 Å². The van der Waals surface area contributed by atoms with E-state index < -0.39 is 0 Å². The van der Waals surface area contributed by atoms with Gasteiger partial charge in [-0.05, 0) is 38.8 Å². The molecule has 0 fully saturated rings. The van der Waals surface area contributed by atoms with Crippen LogP contribution in [-0.2, 0) is 6.42 Å². The van der Waals surface area contributed by atoms with Crippen LogP contribution in [0.2, 0.25) is 0 Å². The Morgan fingerprint density at radius 1 is 1.44 bits per heavy atom. The Bertz CT molecular complexity index is 341. The highest BCUT2D eigenvalue weighted by Gasteiger charge is 2.08. The molecule has 1 rings (SSSR count). The zero-order valence-corrected chi connectivity index (χ0v) is 10.7. The molecule has 1 aromatic rings. The summed E-state index contributed by atoms with van der Waals surface area (Å²) in [5.41, 5.74) is 3.93. The maximum absolute atomic E-state index is 4.06. The first-order valence-electron chi connectivity index (χ1n) is 6.07. The second-order valence-corrected chi connectivity index (χ2v) is 4.55. The van der Waals surface area contributed by atoms with Gasteiger partial charge in [0.05, 0.1) is 0 Å². The summed E-state index contributed by atoms with van der Waals surface area (Å²) < 4.78 is 0. The van der Waals surface area contributed by atoms with Crippen molar-refractivity contribution in [1.29, 1.82) is 0 Å². The van der Waals surface area contributed by atoms with Gasteiger partial charge in [-0.15, -0.1) is 0 Å². The number of benzene rings is 1. The molecular formula is C15H23N. The van der Waals surface area contributed by atoms with Crippen molar-refractivity contribution in [3.8, 4) is 0 Å². The molecule has 1 atom stereocenters. The highest BCUT2D eigenvalue weighted by Crippen LogP contribution is 2.10. The molecule has 1 heteroatoms. The number of hydrogen-bond donors (Lipinski definition) is 1. The maximum atomic E-state index is 4.06. The first-order chi connectivity index (χ1) is 7.63. The summed E-state index contributed by atoms with van der Waals surface area (Å²) in [7, 11) is 0. The lowest BCUT2D eigenvalue weighted by molar-refractivity contribution is 0.563. The average molecular weight is 217 g/mol. The van der Waals surface area contributed by atoms with Crippen molar-refractivity contribution in [1.82, 2.24) is 5.32 Å². The van der Waals surface area contributed by atoms with Gasteiger partial charge in [-0.2, -0.15) is 0 Å². The van der Waals surface area contributed by atoms with E-state index in [1.54, 1.807) is 0 Å². The Balaban J connectivity index is 2.64. The van der Waals surface area contributed by atoms with Crippen LogP contribution in [0.3, 0.4) is 0 Å². The minimum atomic E-state index is 0.404. The van der Waals surface area contributed by atoms with Crippen LogP contribution in [0.15, 0.2) is 36.4 Å². The molecule has 0 amide bonds. The Hall–Kier alpha value is -1.08. The summed E-state index contributed by atoms with van der Waals surface area (Å²) >= 11 is 0. The van der Waals surface area contributed by atoms with Gasteiger partial charge in [-0.1, -0.05) is 48.9 Å². The highest BCUT2D eigenvalue weighted by molar-refractivity contribution is 5.24. The van der Waals surface area contributed by atoms with Crippen LogP contribution in [0.4, 0.5) is 0 Å². The third-order valence-corrected chi connectivity index (χ3v) is 2.76. The molecule has 0 heterocycles. The molecule has 0 aliphatic rings. The number of hydrogen-bond acceptors (Lipinski definition) is 1. The molecule has 1 unspecified atom stereocenters. The quantitative estimate of drug-likeness (QED) is 0.719. The third kappa shape index (κ3) is 4.19. The largest absolute Gasteiger partial charge is 0.310 e. The fourth-order valence-corrected chi connectivity index (χ4v) is 1.81. The lowest BCUT2D eigenvalue weighted by Gasteiger charge is -2.19. The molecule has 1 N–H and O–H groups in total. The van der Waals surface area contributed by atoms with Crippen LogP contribution >= 0.6 is 0 Å². The van der Waals surface area contributed by atoms with Crippen LogP contribution in [0.5, 0.6) is 0 Å². The number of aryl methyl sites for hydroxylation is 1. The van der Waals surface area contributed by atoms with E-state index in [0.717, 1.165) is 19.4 Å². The van der Waals surface area contributed by atoms with E-state index >= 15 is 0 Å². The van der Waals surface area contributed by atoms with Crippen LogP contribution in [0.1, 0.15) is 31.4 Å². The smallest absolute Gasteiger partial charge is 0.0314 e. The predicted octanol–water partition coefficient (Wildman–Crippen LogP) is 3.48. The van der Waals surface area contributed by atoms with E-state index in [-0.39, 0.29) is 0 Å². The molecule has 1 aromatic carbocycles. The maximum Gasteiger partial charge on any atom is 0.0314 e. The first kappa shape index (κ1) is 13.0. The van der Waals surface area contributed by atoms with E-state index in [0.29, 0.717) is 6.04 Å². The molecule has 0 aliphatic heterocycles. The van der Waals surface area contributed by atoms with Crippen molar-refractivity contribution >= 4 is 0 Å². The molecule has 0 spiro atoms. The van der Waals surface area contributed by atoms with Gasteiger partial charge in [-0.3, -0.25) is 0 Å². The Labute approximate surface area is 99.6 Å². The van der Waals surface area contributed by atoms with Gasteiger partial charge in [0.25, 0.3) is 0 Å². The van der Waals surface area contributed by atoms with Gasteiger partial charge in [0.1, 0.15) is 0 Å². The van der Waals surface area contributed by atoms with Crippen LogP contribution < -0.4 is 5.32 Å². The zero-order valence-electron chi connectivity index (χ0n) is 10.7. The Morgan fingerprint density at radius 2 is 2.19 bits per heavy atom. The van der Waals surface area contributed by atoms with Crippen molar-refractivity contribution in [2.24, 2.45) is 0 Å². The lowest BCUT2D eigenvalue weighted by Crippen LogP contribution is -2.32. The molecule has 0 saturated heterocycles.